The van der Waals surface area contributed by atoms with Gasteiger partial charge in [-0.05, 0) is 43.9 Å². The quantitative estimate of drug-likeness (QED) is 0.890. The van der Waals surface area contributed by atoms with Crippen molar-refractivity contribution >= 4 is 15.9 Å². The van der Waals surface area contributed by atoms with Gasteiger partial charge in [0.1, 0.15) is 0 Å². The van der Waals surface area contributed by atoms with Gasteiger partial charge in [-0.15, -0.1) is 0 Å². The molecule has 2 heteroatoms. The van der Waals surface area contributed by atoms with Gasteiger partial charge in [-0.3, -0.25) is 0 Å². The molecule has 2 atom stereocenters. The Bertz CT molecular complexity index is 337. The first-order valence-corrected chi connectivity index (χ1v) is 7.01. The standard InChI is InChI=1S/C14H20BrN/c1-16-14-9-5-3-7-12(14)10-11-6-2-4-8-13(11)15/h2,4,6,8,12,14,16H,3,5,7,9-10H2,1H3. The summed E-state index contributed by atoms with van der Waals surface area (Å²) in [6.45, 7) is 0. The second-order valence-electron chi connectivity index (χ2n) is 4.74. The van der Waals surface area contributed by atoms with Gasteiger partial charge in [0.05, 0.1) is 0 Å². The lowest BCUT2D eigenvalue weighted by atomic mass is 9.81. The largest absolute Gasteiger partial charge is 0.317 e. The highest BCUT2D eigenvalue weighted by Crippen LogP contribution is 2.29. The summed E-state index contributed by atoms with van der Waals surface area (Å²) in [5.41, 5.74) is 1.45. The Morgan fingerprint density at radius 3 is 2.75 bits per heavy atom. The van der Waals surface area contributed by atoms with E-state index in [0.29, 0.717) is 6.04 Å². The van der Waals surface area contributed by atoms with E-state index < -0.39 is 0 Å². The monoisotopic (exact) mass is 281 g/mol. The van der Waals surface area contributed by atoms with Gasteiger partial charge in [-0.1, -0.05) is 47.0 Å². The normalized spacial score (nSPS) is 25.6. The maximum atomic E-state index is 3.64. The third-order valence-corrected chi connectivity index (χ3v) is 4.49. The lowest BCUT2D eigenvalue weighted by Gasteiger charge is -2.31. The summed E-state index contributed by atoms with van der Waals surface area (Å²) in [7, 11) is 2.10. The molecule has 88 valence electrons. The molecule has 1 aromatic rings. The maximum absolute atomic E-state index is 3.64. The van der Waals surface area contributed by atoms with Gasteiger partial charge in [-0.2, -0.15) is 0 Å². The predicted molar refractivity (Wildman–Crippen MR) is 72.7 cm³/mol. The molecule has 0 saturated heterocycles. The van der Waals surface area contributed by atoms with Gasteiger partial charge in [0.2, 0.25) is 0 Å². The van der Waals surface area contributed by atoms with E-state index in [-0.39, 0.29) is 0 Å². The molecule has 1 N–H and O–H groups in total. The van der Waals surface area contributed by atoms with E-state index in [4.69, 9.17) is 0 Å². The fraction of sp³-hybridized carbons (Fsp3) is 0.571. The zero-order valence-corrected chi connectivity index (χ0v) is 11.5. The summed E-state index contributed by atoms with van der Waals surface area (Å²) < 4.78 is 1.26. The second-order valence-corrected chi connectivity index (χ2v) is 5.59. The van der Waals surface area contributed by atoms with E-state index >= 15 is 0 Å². The minimum atomic E-state index is 0.709. The van der Waals surface area contributed by atoms with Gasteiger partial charge in [0, 0.05) is 10.5 Å². The molecule has 0 bridgehead atoms. The summed E-state index contributed by atoms with van der Waals surface area (Å²) in [5, 5.41) is 3.48. The van der Waals surface area contributed by atoms with Crippen LogP contribution in [0.15, 0.2) is 28.7 Å². The lowest BCUT2D eigenvalue weighted by Crippen LogP contribution is -2.37. The first-order chi connectivity index (χ1) is 7.81. The molecule has 0 amide bonds. The zero-order chi connectivity index (χ0) is 11.4. The first kappa shape index (κ1) is 12.1. The fourth-order valence-corrected chi connectivity index (χ4v) is 3.23. The number of hydrogen-bond acceptors (Lipinski definition) is 1. The summed E-state index contributed by atoms with van der Waals surface area (Å²) >= 11 is 3.64. The van der Waals surface area contributed by atoms with Crippen LogP contribution < -0.4 is 5.32 Å². The molecule has 0 aromatic heterocycles. The van der Waals surface area contributed by atoms with Crippen LogP contribution in [0.3, 0.4) is 0 Å². The Kier molecular flexibility index (Phi) is 4.42. The molecule has 0 spiro atoms. The van der Waals surface area contributed by atoms with E-state index in [1.165, 1.54) is 42.1 Å². The Morgan fingerprint density at radius 2 is 2.00 bits per heavy atom. The molecule has 0 aliphatic heterocycles. The van der Waals surface area contributed by atoms with Gasteiger partial charge in [-0.25, -0.2) is 0 Å². The van der Waals surface area contributed by atoms with Crippen molar-refractivity contribution in [2.24, 2.45) is 5.92 Å². The average Bonchev–Trinajstić information content (AvgIpc) is 2.33. The third-order valence-electron chi connectivity index (χ3n) is 3.72. The Labute approximate surface area is 107 Å². The van der Waals surface area contributed by atoms with Crippen molar-refractivity contribution < 1.29 is 0 Å². The van der Waals surface area contributed by atoms with Crippen LogP contribution in [-0.4, -0.2) is 13.1 Å². The topological polar surface area (TPSA) is 12.0 Å². The van der Waals surface area contributed by atoms with Crippen LogP contribution in [0.5, 0.6) is 0 Å². The van der Waals surface area contributed by atoms with Crippen molar-refractivity contribution in [1.29, 1.82) is 0 Å². The highest BCUT2D eigenvalue weighted by molar-refractivity contribution is 9.10. The molecule has 16 heavy (non-hydrogen) atoms. The van der Waals surface area contributed by atoms with Crippen LogP contribution in [0.25, 0.3) is 0 Å². The minimum Gasteiger partial charge on any atom is -0.317 e. The Morgan fingerprint density at radius 1 is 1.25 bits per heavy atom. The summed E-state index contributed by atoms with van der Waals surface area (Å²) in [5.74, 6) is 0.803. The zero-order valence-electron chi connectivity index (χ0n) is 9.88. The third kappa shape index (κ3) is 2.86. The minimum absolute atomic E-state index is 0.709. The van der Waals surface area contributed by atoms with Crippen LogP contribution in [0, 0.1) is 5.92 Å². The van der Waals surface area contributed by atoms with Crippen LogP contribution in [0.4, 0.5) is 0 Å². The molecule has 1 fully saturated rings. The van der Waals surface area contributed by atoms with Crippen LogP contribution >= 0.6 is 15.9 Å². The van der Waals surface area contributed by atoms with Gasteiger partial charge >= 0.3 is 0 Å². The van der Waals surface area contributed by atoms with Crippen LogP contribution in [0.1, 0.15) is 31.2 Å². The molecular formula is C14H20BrN. The van der Waals surface area contributed by atoms with Gasteiger partial charge < -0.3 is 5.32 Å². The number of nitrogens with one attached hydrogen (secondary N) is 1. The molecule has 0 heterocycles. The van der Waals surface area contributed by atoms with Crippen LogP contribution in [0.2, 0.25) is 0 Å². The summed E-state index contributed by atoms with van der Waals surface area (Å²) in [4.78, 5) is 0. The van der Waals surface area contributed by atoms with E-state index in [1.54, 1.807) is 0 Å². The van der Waals surface area contributed by atoms with Crippen molar-refractivity contribution in [3.63, 3.8) is 0 Å². The maximum Gasteiger partial charge on any atom is 0.0207 e. The molecule has 1 aliphatic rings. The Balaban J connectivity index is 2.05. The Hall–Kier alpha value is -0.340. The predicted octanol–water partition coefficient (Wildman–Crippen LogP) is 3.77. The highest BCUT2D eigenvalue weighted by atomic mass is 79.9. The second kappa shape index (κ2) is 5.83. The number of halogens is 1. The number of rotatable bonds is 3. The van der Waals surface area contributed by atoms with Crippen LogP contribution in [-0.2, 0) is 6.42 Å². The molecule has 2 unspecified atom stereocenters. The van der Waals surface area contributed by atoms with E-state index in [9.17, 15) is 0 Å². The SMILES string of the molecule is CNC1CCCCC1Cc1ccccc1Br. The van der Waals surface area contributed by atoms with Crippen molar-refractivity contribution in [3.8, 4) is 0 Å². The molecule has 1 aliphatic carbocycles. The summed E-state index contributed by atoms with van der Waals surface area (Å²) in [6.07, 6.45) is 6.69. The molecule has 1 aromatic carbocycles. The van der Waals surface area contributed by atoms with Crippen molar-refractivity contribution in [2.45, 2.75) is 38.1 Å². The smallest absolute Gasteiger partial charge is 0.0207 e. The van der Waals surface area contributed by atoms with E-state index in [0.717, 1.165) is 5.92 Å². The van der Waals surface area contributed by atoms with Crippen molar-refractivity contribution in [3.05, 3.63) is 34.3 Å². The molecule has 2 rings (SSSR count). The molecular weight excluding hydrogens is 262 g/mol. The molecule has 0 radical (unpaired) electrons. The molecule has 1 saturated carbocycles. The van der Waals surface area contributed by atoms with Gasteiger partial charge in [0.15, 0.2) is 0 Å². The van der Waals surface area contributed by atoms with E-state index in [2.05, 4.69) is 52.6 Å². The van der Waals surface area contributed by atoms with Crippen molar-refractivity contribution in [2.75, 3.05) is 7.05 Å². The van der Waals surface area contributed by atoms with E-state index in [1.807, 2.05) is 0 Å². The van der Waals surface area contributed by atoms with Crippen molar-refractivity contribution in [1.82, 2.24) is 5.32 Å². The number of hydrogen-bond donors (Lipinski definition) is 1. The molecule has 1 nitrogen and oxygen atoms in total. The first-order valence-electron chi connectivity index (χ1n) is 6.22. The fourth-order valence-electron chi connectivity index (χ4n) is 2.78. The summed E-state index contributed by atoms with van der Waals surface area (Å²) in [6, 6.07) is 9.32. The highest BCUT2D eigenvalue weighted by Gasteiger charge is 2.24. The van der Waals surface area contributed by atoms with Gasteiger partial charge in [0.25, 0.3) is 0 Å². The number of benzene rings is 1. The average molecular weight is 282 g/mol. The lowest BCUT2D eigenvalue weighted by molar-refractivity contribution is 0.272.